The lowest BCUT2D eigenvalue weighted by Gasteiger charge is -2.08. The highest BCUT2D eigenvalue weighted by molar-refractivity contribution is 6.35. The van der Waals surface area contributed by atoms with Crippen LogP contribution in [0.5, 0.6) is 11.6 Å². The fourth-order valence-electron chi connectivity index (χ4n) is 1.91. The van der Waals surface area contributed by atoms with Gasteiger partial charge < -0.3 is 9.84 Å². The zero-order valence-electron chi connectivity index (χ0n) is 10.7. The predicted molar refractivity (Wildman–Crippen MR) is 78.0 cm³/mol. The standard InChI is InChI=1S/C15H9ClN2O3/c16-11-3-4-12(14-10(11)2-1-6-18-14)21-13-8-9(15(19)20)5-7-17-13/h1-8H,(H,19,20). The van der Waals surface area contributed by atoms with Gasteiger partial charge in [0.15, 0.2) is 5.75 Å². The van der Waals surface area contributed by atoms with Crippen molar-refractivity contribution in [1.82, 2.24) is 9.97 Å². The van der Waals surface area contributed by atoms with E-state index in [0.717, 1.165) is 5.39 Å². The lowest BCUT2D eigenvalue weighted by atomic mass is 10.2. The molecule has 5 nitrogen and oxygen atoms in total. The molecule has 1 aromatic carbocycles. The van der Waals surface area contributed by atoms with Crippen molar-refractivity contribution in [3.8, 4) is 11.6 Å². The molecule has 21 heavy (non-hydrogen) atoms. The highest BCUT2D eigenvalue weighted by Crippen LogP contribution is 2.32. The first-order chi connectivity index (χ1) is 10.1. The van der Waals surface area contributed by atoms with Gasteiger partial charge in [0.25, 0.3) is 0 Å². The second kappa shape index (κ2) is 5.38. The molecule has 0 fully saturated rings. The van der Waals surface area contributed by atoms with Crippen LogP contribution in [0.3, 0.4) is 0 Å². The van der Waals surface area contributed by atoms with Gasteiger partial charge in [0.2, 0.25) is 5.88 Å². The zero-order chi connectivity index (χ0) is 14.8. The number of ether oxygens (including phenoxy) is 1. The molecule has 0 atom stereocenters. The average molecular weight is 301 g/mol. The predicted octanol–water partition coefficient (Wildman–Crippen LogP) is 3.77. The molecule has 104 valence electrons. The van der Waals surface area contributed by atoms with Crippen LogP contribution in [0.2, 0.25) is 5.02 Å². The van der Waals surface area contributed by atoms with Crippen LogP contribution < -0.4 is 4.74 Å². The van der Waals surface area contributed by atoms with Crippen LogP contribution in [-0.2, 0) is 0 Å². The van der Waals surface area contributed by atoms with Gasteiger partial charge in [-0.2, -0.15) is 0 Å². The molecular weight excluding hydrogens is 292 g/mol. The summed E-state index contributed by atoms with van der Waals surface area (Å²) in [6, 6.07) is 9.73. The van der Waals surface area contributed by atoms with E-state index < -0.39 is 5.97 Å². The van der Waals surface area contributed by atoms with Crippen LogP contribution in [0.25, 0.3) is 10.9 Å². The summed E-state index contributed by atoms with van der Waals surface area (Å²) in [4.78, 5) is 19.2. The molecule has 0 aliphatic carbocycles. The largest absolute Gasteiger partial charge is 0.478 e. The van der Waals surface area contributed by atoms with E-state index in [1.807, 2.05) is 6.07 Å². The molecule has 6 heteroatoms. The van der Waals surface area contributed by atoms with Crippen LogP contribution in [0.4, 0.5) is 0 Å². The van der Waals surface area contributed by atoms with Gasteiger partial charge in [0.1, 0.15) is 5.52 Å². The van der Waals surface area contributed by atoms with Crippen molar-refractivity contribution < 1.29 is 14.6 Å². The number of benzene rings is 1. The van der Waals surface area contributed by atoms with Gasteiger partial charge in [-0.25, -0.2) is 9.78 Å². The lowest BCUT2D eigenvalue weighted by Crippen LogP contribution is -1.98. The number of carbonyl (C=O) groups is 1. The maximum Gasteiger partial charge on any atom is 0.335 e. The maximum absolute atomic E-state index is 10.9. The molecule has 0 spiro atoms. The second-order valence-electron chi connectivity index (χ2n) is 4.24. The van der Waals surface area contributed by atoms with E-state index in [-0.39, 0.29) is 11.4 Å². The maximum atomic E-state index is 10.9. The smallest absolute Gasteiger partial charge is 0.335 e. The van der Waals surface area contributed by atoms with Gasteiger partial charge >= 0.3 is 5.97 Å². The number of carboxylic acids is 1. The molecule has 3 aromatic rings. The fraction of sp³-hybridized carbons (Fsp3) is 0. The molecule has 0 saturated carbocycles. The number of aromatic carboxylic acids is 1. The van der Waals surface area contributed by atoms with E-state index in [2.05, 4.69) is 9.97 Å². The first-order valence-electron chi connectivity index (χ1n) is 6.05. The Kier molecular flexibility index (Phi) is 3.41. The van der Waals surface area contributed by atoms with Gasteiger partial charge in [-0.15, -0.1) is 0 Å². The van der Waals surface area contributed by atoms with E-state index in [1.54, 1.807) is 24.4 Å². The van der Waals surface area contributed by atoms with Crippen molar-refractivity contribution >= 4 is 28.5 Å². The molecule has 0 unspecified atom stereocenters. The Morgan fingerprint density at radius 2 is 2.00 bits per heavy atom. The Morgan fingerprint density at radius 1 is 1.14 bits per heavy atom. The second-order valence-corrected chi connectivity index (χ2v) is 4.64. The highest BCUT2D eigenvalue weighted by Gasteiger charge is 2.10. The van der Waals surface area contributed by atoms with E-state index in [0.29, 0.717) is 16.3 Å². The number of rotatable bonds is 3. The molecule has 1 N–H and O–H groups in total. The number of nitrogens with zero attached hydrogens (tertiary/aromatic N) is 2. The number of carboxylic acid groups (broad SMARTS) is 1. The Morgan fingerprint density at radius 3 is 2.81 bits per heavy atom. The van der Waals surface area contributed by atoms with Gasteiger partial charge in [-0.1, -0.05) is 11.6 Å². The normalized spacial score (nSPS) is 10.5. The number of halogens is 1. The molecule has 0 radical (unpaired) electrons. The van der Waals surface area contributed by atoms with Crippen LogP contribution in [0.15, 0.2) is 48.8 Å². The summed E-state index contributed by atoms with van der Waals surface area (Å²) in [5.74, 6) is -0.393. The third-order valence-corrected chi connectivity index (χ3v) is 3.21. The first kappa shape index (κ1) is 13.3. The minimum Gasteiger partial charge on any atom is -0.478 e. The van der Waals surface area contributed by atoms with Gasteiger partial charge in [-0.05, 0) is 30.3 Å². The van der Waals surface area contributed by atoms with Gasteiger partial charge in [-0.3, -0.25) is 4.98 Å². The summed E-state index contributed by atoms with van der Waals surface area (Å²) in [7, 11) is 0. The van der Waals surface area contributed by atoms with Crippen LogP contribution in [0.1, 0.15) is 10.4 Å². The molecular formula is C15H9ClN2O3. The SMILES string of the molecule is O=C(O)c1ccnc(Oc2ccc(Cl)c3cccnc23)c1. The summed E-state index contributed by atoms with van der Waals surface area (Å²) in [5.41, 5.74) is 0.693. The molecule has 2 aromatic heterocycles. The van der Waals surface area contributed by atoms with E-state index in [4.69, 9.17) is 21.4 Å². The summed E-state index contributed by atoms with van der Waals surface area (Å²) >= 11 is 6.11. The number of fused-ring (bicyclic) bond motifs is 1. The number of hydrogen-bond donors (Lipinski definition) is 1. The summed E-state index contributed by atoms with van der Waals surface area (Å²) in [6.45, 7) is 0. The molecule has 0 aliphatic rings. The fourth-order valence-corrected chi connectivity index (χ4v) is 2.12. The molecule has 0 bridgehead atoms. The van der Waals surface area contributed by atoms with Crippen molar-refractivity contribution in [3.05, 3.63) is 59.4 Å². The third-order valence-electron chi connectivity index (χ3n) is 2.88. The summed E-state index contributed by atoms with van der Waals surface area (Å²) in [6.07, 6.45) is 3.01. The third kappa shape index (κ3) is 2.64. The number of aromatic nitrogens is 2. The highest BCUT2D eigenvalue weighted by atomic mass is 35.5. The minimum atomic E-state index is -1.04. The molecule has 0 amide bonds. The first-order valence-corrected chi connectivity index (χ1v) is 6.43. The number of pyridine rings is 2. The van der Waals surface area contributed by atoms with Crippen molar-refractivity contribution in [1.29, 1.82) is 0 Å². The van der Waals surface area contributed by atoms with E-state index >= 15 is 0 Å². The average Bonchev–Trinajstić information content (AvgIpc) is 2.51. The van der Waals surface area contributed by atoms with Crippen molar-refractivity contribution in [3.63, 3.8) is 0 Å². The molecule has 2 heterocycles. The Bertz CT molecular complexity index is 836. The minimum absolute atomic E-state index is 0.103. The van der Waals surface area contributed by atoms with E-state index in [1.165, 1.54) is 18.3 Å². The Labute approximate surface area is 124 Å². The quantitative estimate of drug-likeness (QED) is 0.797. The summed E-state index contributed by atoms with van der Waals surface area (Å²) in [5, 5.41) is 10.3. The lowest BCUT2D eigenvalue weighted by molar-refractivity contribution is 0.0696. The van der Waals surface area contributed by atoms with Gasteiger partial charge in [0.05, 0.1) is 10.6 Å². The number of hydrogen-bond acceptors (Lipinski definition) is 4. The van der Waals surface area contributed by atoms with Crippen LogP contribution in [-0.4, -0.2) is 21.0 Å². The summed E-state index contributed by atoms with van der Waals surface area (Å²) < 4.78 is 5.64. The molecule has 0 saturated heterocycles. The van der Waals surface area contributed by atoms with Crippen molar-refractivity contribution in [2.24, 2.45) is 0 Å². The zero-order valence-corrected chi connectivity index (χ0v) is 11.4. The van der Waals surface area contributed by atoms with Crippen LogP contribution in [0, 0.1) is 0 Å². The molecule has 0 aliphatic heterocycles. The Balaban J connectivity index is 2.04. The van der Waals surface area contributed by atoms with Crippen molar-refractivity contribution in [2.45, 2.75) is 0 Å². The molecule has 3 rings (SSSR count). The monoisotopic (exact) mass is 300 g/mol. The van der Waals surface area contributed by atoms with Gasteiger partial charge in [0, 0.05) is 23.8 Å². The Hall–Kier alpha value is -2.66. The topological polar surface area (TPSA) is 72.3 Å². The van der Waals surface area contributed by atoms with E-state index in [9.17, 15) is 4.79 Å². The van der Waals surface area contributed by atoms with Crippen molar-refractivity contribution in [2.75, 3.05) is 0 Å². The van der Waals surface area contributed by atoms with Crippen LogP contribution >= 0.6 is 11.6 Å².